The molecule has 1 nitrogen and oxygen atoms in total. The van der Waals surface area contributed by atoms with Crippen molar-refractivity contribution >= 4 is 45.8 Å². The molecule has 0 aliphatic carbocycles. The van der Waals surface area contributed by atoms with Gasteiger partial charge in [0.25, 0.3) is 0 Å². The predicted molar refractivity (Wildman–Crippen MR) is 30.4 cm³/mol. The maximum atomic E-state index is 4.67. The molecular formula is C3H9AlNaO. The fourth-order valence-corrected chi connectivity index (χ4v) is 0.354. The Balaban J connectivity index is -0.0000000267. The molecule has 0 fully saturated rings. The maximum Gasteiger partial charge on any atom is 0 e. The molecule has 0 aliphatic rings. The maximum absolute atomic E-state index is 4.67. The summed E-state index contributed by atoms with van der Waals surface area (Å²) in [5.41, 5.74) is 0. The number of hydrogen-bond donors (Lipinski definition) is 0. The van der Waals surface area contributed by atoms with Crippen molar-refractivity contribution in [2.45, 2.75) is 5.28 Å². The smallest absolute Gasteiger partial charge is 0 e. The fourth-order valence-electron chi connectivity index (χ4n) is 0.118. The second kappa shape index (κ2) is 9.70. The van der Waals surface area contributed by atoms with E-state index in [1.54, 1.807) is 7.11 Å². The third-order valence-corrected chi connectivity index (χ3v) is 0.558. The van der Waals surface area contributed by atoms with Gasteiger partial charge in [-0.25, -0.2) is 0 Å². The van der Waals surface area contributed by atoms with E-state index >= 15 is 0 Å². The molecule has 1 radical (unpaired) electrons. The van der Waals surface area contributed by atoms with Gasteiger partial charge in [0.2, 0.25) is 0 Å². The molecule has 0 aromatic carbocycles. The van der Waals surface area contributed by atoms with Crippen molar-refractivity contribution in [2.75, 3.05) is 13.7 Å². The Labute approximate surface area is 72.1 Å². The first-order valence-corrected chi connectivity index (χ1v) is 2.42. The summed E-state index contributed by atoms with van der Waals surface area (Å²) < 4.78 is 4.67. The molecule has 3 heteroatoms. The Morgan fingerprint density at radius 3 is 2.33 bits per heavy atom. The fraction of sp³-hybridized carbons (Fsp3) is 1.00. The molecule has 0 aliphatic heterocycles. The Kier molecular flexibility index (Phi) is 16.9. The molecule has 0 heterocycles. The van der Waals surface area contributed by atoms with E-state index in [-0.39, 0.29) is 32.4 Å². The van der Waals surface area contributed by atoms with Crippen LogP contribution in [0.15, 0.2) is 0 Å². The zero-order valence-electron chi connectivity index (χ0n) is 6.40. The standard InChI is InChI=1S/C3H7O.Al.Na.2H/c1-3-4-2;;;;/h1,3H2,2H3;;;;/q;+2;;2*-1. The van der Waals surface area contributed by atoms with Gasteiger partial charge >= 0.3 is 40.0 Å². The average Bonchev–Trinajstić information content (AvgIpc) is 1.41. The van der Waals surface area contributed by atoms with Crippen molar-refractivity contribution in [2.24, 2.45) is 0 Å². The molecule has 31 valence electrons. The second-order valence-electron chi connectivity index (χ2n) is 0.781. The van der Waals surface area contributed by atoms with Crippen LogP contribution in [0.2, 0.25) is 5.28 Å². The first kappa shape index (κ1) is 10.5. The van der Waals surface area contributed by atoms with Gasteiger partial charge in [-0.2, -0.15) is 0 Å². The quantitative estimate of drug-likeness (QED) is 0.458. The molecule has 0 aromatic heterocycles. The molecule has 0 atom stereocenters. The monoisotopic (exact) mass is 111 g/mol. The zero-order chi connectivity index (χ0) is 4.12. The molecule has 0 N–H and O–H groups in total. The summed E-state index contributed by atoms with van der Waals surface area (Å²) in [7, 11) is 1.70. The summed E-state index contributed by atoms with van der Waals surface area (Å²) in [5.74, 6) is 0. The zero-order valence-corrected chi connectivity index (χ0v) is 7.55. The second-order valence-corrected chi connectivity index (χ2v) is 1.36. The molecule has 0 aromatic rings. The molecule has 0 saturated carbocycles. The van der Waals surface area contributed by atoms with E-state index in [1.807, 2.05) is 0 Å². The predicted octanol–water partition coefficient (Wildman–Crippen LogP) is 0.0638. The van der Waals surface area contributed by atoms with E-state index < -0.39 is 0 Å². The van der Waals surface area contributed by atoms with Crippen LogP contribution in [0.25, 0.3) is 0 Å². The molecule has 0 bridgehead atoms. The van der Waals surface area contributed by atoms with Crippen LogP contribution in [0.5, 0.6) is 0 Å². The first-order chi connectivity index (χ1) is 2.41. The van der Waals surface area contributed by atoms with E-state index in [0.29, 0.717) is 0 Å². The van der Waals surface area contributed by atoms with Crippen LogP contribution in [0.1, 0.15) is 2.85 Å². The van der Waals surface area contributed by atoms with Gasteiger partial charge in [-0.1, -0.05) is 0 Å². The van der Waals surface area contributed by atoms with E-state index in [9.17, 15) is 0 Å². The molecule has 0 amide bonds. The van der Waals surface area contributed by atoms with Gasteiger partial charge in [0.1, 0.15) is 0 Å². The van der Waals surface area contributed by atoms with Crippen LogP contribution in [0, 0.1) is 0 Å². The van der Waals surface area contributed by atoms with E-state index in [1.165, 1.54) is 0 Å². The molecule has 0 saturated heterocycles. The van der Waals surface area contributed by atoms with Gasteiger partial charge in [0.15, 0.2) is 0 Å². The van der Waals surface area contributed by atoms with Crippen molar-refractivity contribution in [3.05, 3.63) is 0 Å². The molecule has 0 rings (SSSR count). The van der Waals surface area contributed by atoms with Crippen LogP contribution < -0.4 is 0 Å². The summed E-state index contributed by atoms with van der Waals surface area (Å²) in [6.45, 7) is 0.852. The Hall–Kier alpha value is 1.49. The summed E-state index contributed by atoms with van der Waals surface area (Å²) in [5, 5.41) is 1.04. The summed E-state index contributed by atoms with van der Waals surface area (Å²) >= 11 is 2.57. The van der Waals surface area contributed by atoms with Crippen molar-refractivity contribution < 1.29 is 7.59 Å². The first-order valence-electron chi connectivity index (χ1n) is 1.61. The van der Waals surface area contributed by atoms with Crippen LogP contribution in [-0.4, -0.2) is 59.6 Å². The summed E-state index contributed by atoms with van der Waals surface area (Å²) in [6.07, 6.45) is 0. The molecular weight excluding hydrogens is 102 g/mol. The Morgan fingerprint density at radius 2 is 2.33 bits per heavy atom. The Bertz CT molecular complexity index is 24.8. The average molecular weight is 111 g/mol. The van der Waals surface area contributed by atoms with Crippen LogP contribution in [0.3, 0.4) is 0 Å². The Morgan fingerprint density at radius 1 is 1.83 bits per heavy atom. The minimum absolute atomic E-state index is 0. The van der Waals surface area contributed by atoms with Gasteiger partial charge < -0.3 is 2.85 Å². The topological polar surface area (TPSA) is 9.23 Å². The molecule has 6 heavy (non-hydrogen) atoms. The number of ether oxygens (including phenoxy) is 1. The van der Waals surface area contributed by atoms with Gasteiger partial charge in [-0.05, 0) is 0 Å². The van der Waals surface area contributed by atoms with Gasteiger partial charge in [0.05, 0.1) is 0 Å². The third-order valence-electron chi connectivity index (χ3n) is 0.322. The van der Waals surface area contributed by atoms with E-state index in [2.05, 4.69) is 21.0 Å². The summed E-state index contributed by atoms with van der Waals surface area (Å²) in [6, 6.07) is 0. The van der Waals surface area contributed by atoms with Crippen LogP contribution >= 0.6 is 0 Å². The van der Waals surface area contributed by atoms with Gasteiger partial charge in [0, 0.05) is 29.6 Å². The van der Waals surface area contributed by atoms with E-state index in [4.69, 9.17) is 0 Å². The van der Waals surface area contributed by atoms with Gasteiger partial charge in [-0.15, -0.1) is 0 Å². The van der Waals surface area contributed by atoms with Gasteiger partial charge in [-0.3, -0.25) is 0 Å². The minimum atomic E-state index is 0. The number of rotatable bonds is 2. The SMILES string of the molecule is COC[CH2][Al+2].[H-].[H-].[Na]. The van der Waals surface area contributed by atoms with Crippen LogP contribution in [0.4, 0.5) is 0 Å². The normalized spacial score (nSPS) is 7.17. The molecule has 0 spiro atoms. The summed E-state index contributed by atoms with van der Waals surface area (Å²) in [4.78, 5) is 0. The minimum Gasteiger partial charge on any atom is -1.00 e. The van der Waals surface area contributed by atoms with Crippen molar-refractivity contribution in [3.63, 3.8) is 0 Å². The third kappa shape index (κ3) is 9.09. The van der Waals surface area contributed by atoms with Crippen molar-refractivity contribution in [1.29, 1.82) is 0 Å². The largest absolute Gasteiger partial charge is 1.00 e. The number of hydrogen-bond acceptors (Lipinski definition) is 1. The van der Waals surface area contributed by atoms with Crippen molar-refractivity contribution in [1.82, 2.24) is 0 Å². The van der Waals surface area contributed by atoms with E-state index in [0.717, 1.165) is 11.9 Å². The number of methoxy groups -OCH3 is 1. The van der Waals surface area contributed by atoms with Crippen LogP contribution in [-0.2, 0) is 4.74 Å². The van der Waals surface area contributed by atoms with Crippen molar-refractivity contribution in [3.8, 4) is 0 Å². The molecule has 0 unspecified atom stereocenters.